The zero-order valence-electron chi connectivity index (χ0n) is 13.7. The van der Waals surface area contributed by atoms with Crippen LogP contribution in [-0.4, -0.2) is 37.1 Å². The molecule has 0 atom stereocenters. The van der Waals surface area contributed by atoms with Crippen LogP contribution in [-0.2, 0) is 12.8 Å². The summed E-state index contributed by atoms with van der Waals surface area (Å²) in [5.41, 5.74) is 3.24. The lowest BCUT2D eigenvalue weighted by Crippen LogP contribution is -2.34. The molecular formula is C17H26N4. The molecule has 1 heterocycles. The number of nitrogens with zero attached hydrogens (tertiary/aromatic N) is 3. The number of hydrogen-bond acceptors (Lipinski definition) is 4. The molecule has 114 valence electrons. The number of nitriles is 1. The molecule has 4 heteroatoms. The van der Waals surface area contributed by atoms with E-state index in [1.807, 2.05) is 6.07 Å². The third kappa shape index (κ3) is 4.18. The van der Waals surface area contributed by atoms with E-state index in [2.05, 4.69) is 44.2 Å². The molecule has 0 saturated carbocycles. The van der Waals surface area contributed by atoms with Gasteiger partial charge < -0.3 is 10.2 Å². The van der Waals surface area contributed by atoms with Gasteiger partial charge in [-0.2, -0.15) is 5.26 Å². The van der Waals surface area contributed by atoms with Crippen molar-refractivity contribution >= 4 is 5.82 Å². The predicted octanol–water partition coefficient (Wildman–Crippen LogP) is 2.83. The highest BCUT2D eigenvalue weighted by atomic mass is 15.1. The van der Waals surface area contributed by atoms with E-state index in [4.69, 9.17) is 4.98 Å². The molecule has 21 heavy (non-hydrogen) atoms. The van der Waals surface area contributed by atoms with E-state index in [1.54, 1.807) is 0 Å². The van der Waals surface area contributed by atoms with Gasteiger partial charge in [0.2, 0.25) is 0 Å². The first kappa shape index (κ1) is 15.8. The van der Waals surface area contributed by atoms with E-state index in [1.165, 1.54) is 24.1 Å². The number of aromatic nitrogens is 1. The third-order valence-corrected chi connectivity index (χ3v) is 3.90. The van der Waals surface area contributed by atoms with Crippen molar-refractivity contribution in [3.63, 3.8) is 0 Å². The summed E-state index contributed by atoms with van der Waals surface area (Å²) in [7, 11) is 4.17. The smallest absolute Gasteiger partial charge is 0.144 e. The number of aryl methyl sites for hydroxylation is 2. The van der Waals surface area contributed by atoms with Gasteiger partial charge in [0.05, 0.1) is 5.56 Å². The lowest BCUT2D eigenvalue weighted by atomic mass is 9.92. The first-order valence-corrected chi connectivity index (χ1v) is 7.73. The Morgan fingerprint density at radius 3 is 2.71 bits per heavy atom. The van der Waals surface area contributed by atoms with E-state index in [-0.39, 0.29) is 5.41 Å². The summed E-state index contributed by atoms with van der Waals surface area (Å²) in [5, 5.41) is 12.8. The van der Waals surface area contributed by atoms with Crippen molar-refractivity contribution in [3.05, 3.63) is 22.9 Å². The van der Waals surface area contributed by atoms with Gasteiger partial charge in [0.1, 0.15) is 11.9 Å². The topological polar surface area (TPSA) is 52.0 Å². The lowest BCUT2D eigenvalue weighted by molar-refractivity contribution is 0.254. The van der Waals surface area contributed by atoms with Crippen molar-refractivity contribution in [1.29, 1.82) is 5.26 Å². The van der Waals surface area contributed by atoms with E-state index >= 15 is 0 Å². The van der Waals surface area contributed by atoms with Crippen LogP contribution in [0.4, 0.5) is 5.82 Å². The van der Waals surface area contributed by atoms with Gasteiger partial charge in [-0.05, 0) is 56.8 Å². The molecule has 0 radical (unpaired) electrons. The van der Waals surface area contributed by atoms with Gasteiger partial charge in [-0.25, -0.2) is 4.98 Å². The SMILES string of the molecule is CN(C)CC(C)(C)CNc1nc2c(cc1C#N)CCCC2. The maximum Gasteiger partial charge on any atom is 0.144 e. The number of rotatable bonds is 5. The largest absolute Gasteiger partial charge is 0.368 e. The van der Waals surface area contributed by atoms with Crippen LogP contribution in [0.3, 0.4) is 0 Å². The predicted molar refractivity (Wildman–Crippen MR) is 86.4 cm³/mol. The first-order valence-electron chi connectivity index (χ1n) is 7.73. The Hall–Kier alpha value is -1.60. The van der Waals surface area contributed by atoms with Crippen LogP contribution in [0.5, 0.6) is 0 Å². The van der Waals surface area contributed by atoms with Gasteiger partial charge in [-0.15, -0.1) is 0 Å². The molecular weight excluding hydrogens is 260 g/mol. The van der Waals surface area contributed by atoms with Crippen LogP contribution in [0.15, 0.2) is 6.07 Å². The molecule has 4 nitrogen and oxygen atoms in total. The standard InChI is InChI=1S/C17H26N4/c1-17(2,12-21(3)4)11-19-16-14(10-18)9-13-7-5-6-8-15(13)20-16/h9H,5-8,11-12H2,1-4H3,(H,19,20). The van der Waals surface area contributed by atoms with Crippen molar-refractivity contribution in [2.45, 2.75) is 39.5 Å². The average molecular weight is 286 g/mol. The molecule has 1 aliphatic rings. The first-order chi connectivity index (χ1) is 9.91. The minimum atomic E-state index is 0.133. The van der Waals surface area contributed by atoms with Crippen LogP contribution < -0.4 is 5.32 Å². The Kier molecular flexibility index (Phi) is 4.84. The highest BCUT2D eigenvalue weighted by molar-refractivity contribution is 5.54. The average Bonchev–Trinajstić information content (AvgIpc) is 2.42. The molecule has 0 saturated heterocycles. The van der Waals surface area contributed by atoms with Crippen molar-refractivity contribution in [3.8, 4) is 6.07 Å². The minimum absolute atomic E-state index is 0.133. The molecule has 1 aliphatic carbocycles. The highest BCUT2D eigenvalue weighted by Gasteiger charge is 2.21. The van der Waals surface area contributed by atoms with Crippen LogP contribution in [0.1, 0.15) is 43.5 Å². The van der Waals surface area contributed by atoms with Crippen molar-refractivity contribution in [1.82, 2.24) is 9.88 Å². The summed E-state index contributed by atoms with van der Waals surface area (Å²) >= 11 is 0. The van der Waals surface area contributed by atoms with Crippen molar-refractivity contribution < 1.29 is 0 Å². The molecule has 0 unspecified atom stereocenters. The van der Waals surface area contributed by atoms with Gasteiger partial charge in [0.15, 0.2) is 0 Å². The van der Waals surface area contributed by atoms with Crippen LogP contribution in [0.2, 0.25) is 0 Å². The summed E-state index contributed by atoms with van der Waals surface area (Å²) in [6, 6.07) is 4.32. The Balaban J connectivity index is 2.14. The van der Waals surface area contributed by atoms with Crippen molar-refractivity contribution in [2.24, 2.45) is 5.41 Å². The van der Waals surface area contributed by atoms with Crippen LogP contribution in [0, 0.1) is 16.7 Å². The highest BCUT2D eigenvalue weighted by Crippen LogP contribution is 2.25. The summed E-state index contributed by atoms with van der Waals surface area (Å²) in [5.74, 6) is 0.755. The van der Waals surface area contributed by atoms with E-state index in [9.17, 15) is 5.26 Å². The van der Waals surface area contributed by atoms with Gasteiger partial charge in [0, 0.05) is 18.8 Å². The molecule has 0 aliphatic heterocycles. The molecule has 1 aromatic heterocycles. The second kappa shape index (κ2) is 6.44. The van der Waals surface area contributed by atoms with E-state index in [0.29, 0.717) is 5.56 Å². The zero-order valence-corrected chi connectivity index (χ0v) is 13.7. The number of fused-ring (bicyclic) bond motifs is 1. The Labute approximate surface area is 128 Å². The van der Waals surface area contributed by atoms with E-state index < -0.39 is 0 Å². The fourth-order valence-electron chi connectivity index (χ4n) is 3.09. The van der Waals surface area contributed by atoms with Gasteiger partial charge in [-0.3, -0.25) is 0 Å². The Bertz CT molecular complexity index is 540. The van der Waals surface area contributed by atoms with Gasteiger partial charge >= 0.3 is 0 Å². The monoisotopic (exact) mass is 286 g/mol. The summed E-state index contributed by atoms with van der Waals surface area (Å²) in [6.45, 7) is 6.26. The fraction of sp³-hybridized carbons (Fsp3) is 0.647. The summed E-state index contributed by atoms with van der Waals surface area (Å²) in [6.07, 6.45) is 4.51. The quantitative estimate of drug-likeness (QED) is 0.904. The third-order valence-electron chi connectivity index (χ3n) is 3.90. The van der Waals surface area contributed by atoms with Crippen LogP contribution in [0.25, 0.3) is 0 Å². The molecule has 0 amide bonds. The second-order valence-electron chi connectivity index (χ2n) is 7.06. The molecule has 0 spiro atoms. The lowest BCUT2D eigenvalue weighted by Gasteiger charge is -2.29. The van der Waals surface area contributed by atoms with Crippen molar-refractivity contribution in [2.75, 3.05) is 32.5 Å². The fourth-order valence-corrected chi connectivity index (χ4v) is 3.09. The summed E-state index contributed by atoms with van der Waals surface area (Å²) in [4.78, 5) is 6.91. The molecule has 0 aromatic carbocycles. The molecule has 0 bridgehead atoms. The summed E-state index contributed by atoms with van der Waals surface area (Å²) < 4.78 is 0. The number of hydrogen-bond donors (Lipinski definition) is 1. The number of anilines is 1. The maximum atomic E-state index is 9.36. The van der Waals surface area contributed by atoms with Gasteiger partial charge in [0.25, 0.3) is 0 Å². The normalized spacial score (nSPS) is 14.7. The number of nitrogens with one attached hydrogen (secondary N) is 1. The van der Waals surface area contributed by atoms with Crippen LogP contribution >= 0.6 is 0 Å². The molecule has 2 rings (SSSR count). The van der Waals surface area contributed by atoms with Gasteiger partial charge in [-0.1, -0.05) is 13.8 Å². The van der Waals surface area contributed by atoms with E-state index in [0.717, 1.165) is 31.7 Å². The Morgan fingerprint density at radius 2 is 2.05 bits per heavy atom. The Morgan fingerprint density at radius 1 is 1.33 bits per heavy atom. The minimum Gasteiger partial charge on any atom is -0.368 e. The zero-order chi connectivity index (χ0) is 15.5. The molecule has 1 N–H and O–H groups in total. The maximum absolute atomic E-state index is 9.36. The second-order valence-corrected chi connectivity index (χ2v) is 7.06. The molecule has 1 aromatic rings. The number of pyridine rings is 1. The molecule has 0 fully saturated rings.